The van der Waals surface area contributed by atoms with Gasteiger partial charge in [-0.05, 0) is 45.1 Å². The maximum Gasteiger partial charge on any atom is 0.305 e. The molecule has 0 spiro atoms. The molecule has 3 heteroatoms. The molecule has 0 aliphatic carbocycles. The third kappa shape index (κ3) is 2.17. The predicted molar refractivity (Wildman–Crippen MR) is 58.5 cm³/mol. The summed E-state index contributed by atoms with van der Waals surface area (Å²) in [5, 5.41) is 0. The van der Waals surface area contributed by atoms with Crippen molar-refractivity contribution in [2.24, 2.45) is 5.92 Å². The average Bonchev–Trinajstić information content (AvgIpc) is 2.51. The SMILES string of the molecule is COC(=O)CC[C@H]1CCC2CCC1N2C. The van der Waals surface area contributed by atoms with Gasteiger partial charge in [-0.25, -0.2) is 0 Å². The third-order valence-corrected chi connectivity index (χ3v) is 4.26. The fraction of sp³-hybridized carbons (Fsp3) is 0.917. The lowest BCUT2D eigenvalue weighted by molar-refractivity contribution is -0.141. The molecular formula is C12H21NO2. The van der Waals surface area contributed by atoms with Crippen molar-refractivity contribution in [3.05, 3.63) is 0 Å². The second-order valence-electron chi connectivity index (χ2n) is 4.92. The molecule has 2 heterocycles. The van der Waals surface area contributed by atoms with Gasteiger partial charge in [-0.15, -0.1) is 0 Å². The number of rotatable bonds is 3. The zero-order valence-electron chi connectivity index (χ0n) is 9.74. The van der Waals surface area contributed by atoms with Crippen LogP contribution in [0.3, 0.4) is 0 Å². The Morgan fingerprint density at radius 2 is 2.07 bits per heavy atom. The zero-order chi connectivity index (χ0) is 10.8. The van der Waals surface area contributed by atoms with Crippen LogP contribution in [0.5, 0.6) is 0 Å². The van der Waals surface area contributed by atoms with E-state index in [9.17, 15) is 4.79 Å². The number of hydrogen-bond donors (Lipinski definition) is 0. The van der Waals surface area contributed by atoms with Gasteiger partial charge in [0.1, 0.15) is 0 Å². The molecule has 2 aliphatic heterocycles. The van der Waals surface area contributed by atoms with Gasteiger partial charge in [0.25, 0.3) is 0 Å². The molecule has 2 unspecified atom stereocenters. The number of carbonyl (C=O) groups is 1. The molecule has 3 nitrogen and oxygen atoms in total. The van der Waals surface area contributed by atoms with Gasteiger partial charge in [0.15, 0.2) is 0 Å². The standard InChI is InChI=1S/C12H21NO2/c1-13-10-5-3-9(11(13)7-6-10)4-8-12(14)15-2/h9-11H,3-8H2,1-2H3/t9-,10?,11?/m1/s1. The van der Waals surface area contributed by atoms with Crippen LogP contribution in [0.25, 0.3) is 0 Å². The summed E-state index contributed by atoms with van der Waals surface area (Å²) in [4.78, 5) is 13.6. The molecule has 0 aromatic rings. The molecule has 2 fully saturated rings. The molecule has 2 bridgehead atoms. The minimum absolute atomic E-state index is 0.0576. The number of carbonyl (C=O) groups excluding carboxylic acids is 1. The minimum atomic E-state index is -0.0576. The highest BCUT2D eigenvalue weighted by Gasteiger charge is 2.39. The minimum Gasteiger partial charge on any atom is -0.469 e. The summed E-state index contributed by atoms with van der Waals surface area (Å²) in [6, 6.07) is 1.55. The molecule has 0 aromatic carbocycles. The summed E-state index contributed by atoms with van der Waals surface area (Å²) < 4.78 is 4.69. The maximum absolute atomic E-state index is 11.1. The molecule has 2 saturated heterocycles. The van der Waals surface area contributed by atoms with Crippen LogP contribution in [-0.2, 0) is 9.53 Å². The van der Waals surface area contributed by atoms with E-state index in [0.29, 0.717) is 12.3 Å². The molecule has 0 N–H and O–H groups in total. The molecule has 86 valence electrons. The number of esters is 1. The Morgan fingerprint density at radius 1 is 1.33 bits per heavy atom. The van der Waals surface area contributed by atoms with E-state index in [4.69, 9.17) is 4.74 Å². The van der Waals surface area contributed by atoms with Crippen molar-refractivity contribution in [1.29, 1.82) is 0 Å². The summed E-state index contributed by atoms with van der Waals surface area (Å²) in [6.07, 6.45) is 6.91. The number of ether oxygens (including phenoxy) is 1. The summed E-state index contributed by atoms with van der Waals surface area (Å²) in [7, 11) is 3.72. The van der Waals surface area contributed by atoms with Gasteiger partial charge in [-0.1, -0.05) is 0 Å². The van der Waals surface area contributed by atoms with Gasteiger partial charge in [0.2, 0.25) is 0 Å². The van der Waals surface area contributed by atoms with Gasteiger partial charge < -0.3 is 9.64 Å². The largest absolute Gasteiger partial charge is 0.469 e. The van der Waals surface area contributed by atoms with Crippen molar-refractivity contribution in [3.63, 3.8) is 0 Å². The lowest BCUT2D eigenvalue weighted by Crippen LogP contribution is -2.42. The normalized spacial score (nSPS) is 35.5. The summed E-state index contributed by atoms with van der Waals surface area (Å²) in [5.41, 5.74) is 0. The summed E-state index contributed by atoms with van der Waals surface area (Å²) >= 11 is 0. The lowest BCUT2D eigenvalue weighted by atomic mass is 9.87. The third-order valence-electron chi connectivity index (χ3n) is 4.26. The van der Waals surface area contributed by atoms with Crippen LogP contribution in [-0.4, -0.2) is 37.1 Å². The number of piperidine rings is 1. The molecule has 0 aromatic heterocycles. The van der Waals surface area contributed by atoms with Crippen molar-refractivity contribution < 1.29 is 9.53 Å². The van der Waals surface area contributed by atoms with E-state index in [-0.39, 0.29) is 5.97 Å². The number of nitrogens with zero attached hydrogens (tertiary/aromatic N) is 1. The van der Waals surface area contributed by atoms with Crippen LogP contribution in [0.4, 0.5) is 0 Å². The van der Waals surface area contributed by atoms with Crippen LogP contribution in [0.2, 0.25) is 0 Å². The van der Waals surface area contributed by atoms with Crippen molar-refractivity contribution in [2.75, 3.05) is 14.2 Å². The van der Waals surface area contributed by atoms with E-state index in [1.54, 1.807) is 0 Å². The average molecular weight is 211 g/mol. The van der Waals surface area contributed by atoms with Crippen molar-refractivity contribution >= 4 is 5.97 Å². The monoisotopic (exact) mass is 211 g/mol. The Balaban J connectivity index is 1.85. The van der Waals surface area contributed by atoms with Gasteiger partial charge in [0, 0.05) is 18.5 Å². The first-order chi connectivity index (χ1) is 7.22. The summed E-state index contributed by atoms with van der Waals surface area (Å²) in [6.45, 7) is 0. The van der Waals surface area contributed by atoms with Crippen LogP contribution < -0.4 is 0 Å². The van der Waals surface area contributed by atoms with E-state index < -0.39 is 0 Å². The van der Waals surface area contributed by atoms with Gasteiger partial charge in [-0.3, -0.25) is 4.79 Å². The van der Waals surface area contributed by atoms with Gasteiger partial charge >= 0.3 is 5.97 Å². The topological polar surface area (TPSA) is 29.5 Å². The van der Waals surface area contributed by atoms with E-state index in [0.717, 1.165) is 18.5 Å². The summed E-state index contributed by atoms with van der Waals surface area (Å²) in [5.74, 6) is 0.658. The Hall–Kier alpha value is -0.570. The molecule has 2 rings (SSSR count). The van der Waals surface area contributed by atoms with Crippen LogP contribution >= 0.6 is 0 Å². The Morgan fingerprint density at radius 3 is 2.80 bits per heavy atom. The van der Waals surface area contributed by atoms with Crippen LogP contribution in [0.1, 0.15) is 38.5 Å². The molecule has 15 heavy (non-hydrogen) atoms. The highest BCUT2D eigenvalue weighted by atomic mass is 16.5. The van der Waals surface area contributed by atoms with Crippen LogP contribution in [0.15, 0.2) is 0 Å². The lowest BCUT2D eigenvalue weighted by Gasteiger charge is -2.37. The van der Waals surface area contributed by atoms with Crippen molar-refractivity contribution in [2.45, 2.75) is 50.6 Å². The Labute approximate surface area is 91.8 Å². The second kappa shape index (κ2) is 4.52. The van der Waals surface area contributed by atoms with E-state index in [1.165, 1.54) is 32.8 Å². The fourth-order valence-corrected chi connectivity index (χ4v) is 3.30. The molecule has 3 atom stereocenters. The number of methoxy groups -OCH3 is 1. The quantitative estimate of drug-likeness (QED) is 0.667. The van der Waals surface area contributed by atoms with E-state index in [2.05, 4.69) is 11.9 Å². The predicted octanol–water partition coefficient (Wildman–Crippen LogP) is 1.81. The second-order valence-corrected chi connectivity index (χ2v) is 4.92. The van der Waals surface area contributed by atoms with Gasteiger partial charge in [-0.2, -0.15) is 0 Å². The molecule has 0 amide bonds. The van der Waals surface area contributed by atoms with Gasteiger partial charge in [0.05, 0.1) is 7.11 Å². The first kappa shape index (κ1) is 10.9. The zero-order valence-corrected chi connectivity index (χ0v) is 9.74. The van der Waals surface area contributed by atoms with E-state index in [1.807, 2.05) is 0 Å². The van der Waals surface area contributed by atoms with Crippen molar-refractivity contribution in [3.8, 4) is 0 Å². The molecular weight excluding hydrogens is 190 g/mol. The first-order valence-corrected chi connectivity index (χ1v) is 6.01. The number of hydrogen-bond acceptors (Lipinski definition) is 3. The molecule has 0 radical (unpaired) electrons. The van der Waals surface area contributed by atoms with Crippen molar-refractivity contribution in [1.82, 2.24) is 4.90 Å². The molecule has 0 saturated carbocycles. The highest BCUT2D eigenvalue weighted by Crippen LogP contribution is 2.39. The van der Waals surface area contributed by atoms with E-state index >= 15 is 0 Å². The Kier molecular flexibility index (Phi) is 3.29. The first-order valence-electron chi connectivity index (χ1n) is 6.01. The maximum atomic E-state index is 11.1. The fourth-order valence-electron chi connectivity index (χ4n) is 3.30. The highest BCUT2D eigenvalue weighted by molar-refractivity contribution is 5.69. The number of fused-ring (bicyclic) bond motifs is 2. The van der Waals surface area contributed by atoms with Crippen LogP contribution in [0, 0.1) is 5.92 Å². The Bertz CT molecular complexity index is 242. The molecule has 2 aliphatic rings. The smallest absolute Gasteiger partial charge is 0.305 e.